The summed E-state index contributed by atoms with van der Waals surface area (Å²) >= 11 is 0. The van der Waals surface area contributed by atoms with Gasteiger partial charge in [-0.3, -0.25) is 24.3 Å². The molecule has 0 saturated heterocycles. The van der Waals surface area contributed by atoms with Crippen molar-refractivity contribution in [3.05, 3.63) is 74.7 Å². The molecule has 0 aliphatic rings. The van der Waals surface area contributed by atoms with Crippen LogP contribution in [0.5, 0.6) is 0 Å². The van der Waals surface area contributed by atoms with Crippen molar-refractivity contribution in [1.82, 2.24) is 9.88 Å². The fourth-order valence-electron chi connectivity index (χ4n) is 2.42. The van der Waals surface area contributed by atoms with E-state index in [0.29, 0.717) is 0 Å². The molecule has 1 N–H and O–H groups in total. The van der Waals surface area contributed by atoms with Gasteiger partial charge in [-0.25, -0.2) is 0 Å². The normalized spacial score (nSPS) is 12.0. The smallest absolute Gasteiger partial charge is 0.285 e. The predicted molar refractivity (Wildman–Crippen MR) is 89.5 cm³/mol. The summed E-state index contributed by atoms with van der Waals surface area (Å²) in [5.74, 6) is -0.224. The van der Waals surface area contributed by atoms with E-state index >= 15 is 0 Å². The first-order valence-corrected chi connectivity index (χ1v) is 7.57. The molecule has 1 unspecified atom stereocenters. The zero-order valence-electron chi connectivity index (χ0n) is 13.5. The number of nitrogens with zero attached hydrogens (tertiary/aromatic N) is 2. The average Bonchev–Trinajstić information content (AvgIpc) is 2.55. The number of hydrogen-bond donors (Lipinski definition) is 1. The Balaban J connectivity index is 2.16. The maximum atomic E-state index is 12.3. The first-order valence-electron chi connectivity index (χ1n) is 7.57. The van der Waals surface area contributed by atoms with E-state index in [1.54, 1.807) is 0 Å². The number of aromatic nitrogens is 1. The van der Waals surface area contributed by atoms with Crippen LogP contribution < -0.4 is 10.9 Å². The van der Waals surface area contributed by atoms with Crippen LogP contribution in [-0.4, -0.2) is 15.4 Å². The summed E-state index contributed by atoms with van der Waals surface area (Å²) in [5, 5.41) is 13.7. The molecule has 2 aromatic rings. The van der Waals surface area contributed by atoms with Crippen molar-refractivity contribution >= 4 is 11.6 Å². The molecule has 0 radical (unpaired) electrons. The van der Waals surface area contributed by atoms with Crippen molar-refractivity contribution < 1.29 is 9.72 Å². The molecule has 126 valence electrons. The van der Waals surface area contributed by atoms with E-state index in [2.05, 4.69) is 5.32 Å². The fourth-order valence-corrected chi connectivity index (χ4v) is 2.42. The minimum atomic E-state index is -0.602. The lowest BCUT2D eigenvalue weighted by atomic mass is 9.96. The topological polar surface area (TPSA) is 94.2 Å². The number of rotatable bonds is 6. The van der Waals surface area contributed by atoms with E-state index in [0.717, 1.165) is 28.5 Å². The second-order valence-corrected chi connectivity index (χ2v) is 5.81. The molecule has 0 fully saturated rings. The molecule has 7 nitrogen and oxygen atoms in total. The molecular weight excluding hydrogens is 310 g/mol. The Morgan fingerprint density at radius 1 is 1.21 bits per heavy atom. The van der Waals surface area contributed by atoms with Gasteiger partial charge in [-0.05, 0) is 11.5 Å². The number of carbonyl (C=O) groups excluding carboxylic acids is 1. The van der Waals surface area contributed by atoms with Crippen LogP contribution in [0.25, 0.3) is 0 Å². The lowest BCUT2D eigenvalue weighted by Crippen LogP contribution is -2.36. The Kier molecular flexibility index (Phi) is 5.47. The Bertz CT molecular complexity index is 784. The maximum Gasteiger partial charge on any atom is 0.285 e. The fraction of sp³-hybridized carbons (Fsp3) is 0.294. The van der Waals surface area contributed by atoms with Gasteiger partial charge in [-0.15, -0.1) is 0 Å². The summed E-state index contributed by atoms with van der Waals surface area (Å²) in [5.41, 5.74) is 0.273. The highest BCUT2D eigenvalue weighted by molar-refractivity contribution is 5.76. The molecular formula is C17H19N3O4. The lowest BCUT2D eigenvalue weighted by Gasteiger charge is -2.23. The van der Waals surface area contributed by atoms with E-state index in [1.807, 2.05) is 44.2 Å². The van der Waals surface area contributed by atoms with Gasteiger partial charge in [0.1, 0.15) is 6.54 Å². The van der Waals surface area contributed by atoms with E-state index in [-0.39, 0.29) is 30.1 Å². The average molecular weight is 329 g/mol. The molecule has 0 aliphatic heterocycles. The number of nitrogens with one attached hydrogen (secondary N) is 1. The van der Waals surface area contributed by atoms with Crippen LogP contribution in [-0.2, 0) is 11.3 Å². The maximum absolute atomic E-state index is 12.3. The van der Waals surface area contributed by atoms with E-state index in [4.69, 9.17) is 0 Å². The third-order valence-electron chi connectivity index (χ3n) is 3.63. The molecule has 1 atom stereocenters. The minimum absolute atomic E-state index is 0.151. The first kappa shape index (κ1) is 17.4. The number of nitro groups is 1. The Morgan fingerprint density at radius 3 is 2.46 bits per heavy atom. The van der Waals surface area contributed by atoms with Crippen LogP contribution in [0.3, 0.4) is 0 Å². The van der Waals surface area contributed by atoms with Crippen molar-refractivity contribution in [2.24, 2.45) is 5.92 Å². The van der Waals surface area contributed by atoms with E-state index in [1.165, 1.54) is 0 Å². The number of benzene rings is 1. The number of hydrogen-bond acceptors (Lipinski definition) is 4. The molecule has 7 heteroatoms. The van der Waals surface area contributed by atoms with Crippen molar-refractivity contribution in [1.29, 1.82) is 0 Å². The van der Waals surface area contributed by atoms with Crippen molar-refractivity contribution in [3.8, 4) is 0 Å². The van der Waals surface area contributed by atoms with Gasteiger partial charge in [0, 0.05) is 12.1 Å². The van der Waals surface area contributed by atoms with E-state index in [9.17, 15) is 19.7 Å². The largest absolute Gasteiger partial charge is 0.347 e. The summed E-state index contributed by atoms with van der Waals surface area (Å²) in [6.45, 7) is 3.70. The van der Waals surface area contributed by atoms with Gasteiger partial charge < -0.3 is 5.32 Å². The summed E-state index contributed by atoms with van der Waals surface area (Å²) in [7, 11) is 0. The molecule has 0 aliphatic carbocycles. The number of amides is 1. The first-order chi connectivity index (χ1) is 11.4. The third kappa shape index (κ3) is 4.28. The molecule has 1 aromatic heterocycles. The third-order valence-corrected chi connectivity index (χ3v) is 3.63. The number of carbonyl (C=O) groups is 1. The SMILES string of the molecule is CC(C)C(NC(=O)Cn1cc([N+](=O)[O-])ccc1=O)c1ccccc1. The Hall–Kier alpha value is -2.96. The summed E-state index contributed by atoms with van der Waals surface area (Å²) < 4.78 is 1.04. The van der Waals surface area contributed by atoms with Crippen LogP contribution >= 0.6 is 0 Å². The van der Waals surface area contributed by atoms with Gasteiger partial charge in [-0.1, -0.05) is 44.2 Å². The van der Waals surface area contributed by atoms with Crippen LogP contribution in [0.15, 0.2) is 53.5 Å². The molecule has 0 saturated carbocycles. The summed E-state index contributed by atoms with van der Waals surface area (Å²) in [4.78, 5) is 34.3. The predicted octanol–water partition coefficient (Wildman–Crippen LogP) is 2.27. The van der Waals surface area contributed by atoms with Crippen molar-refractivity contribution in [2.75, 3.05) is 0 Å². The number of pyridine rings is 1. The molecule has 0 bridgehead atoms. The van der Waals surface area contributed by atoms with Crippen molar-refractivity contribution in [3.63, 3.8) is 0 Å². The Morgan fingerprint density at radius 2 is 1.88 bits per heavy atom. The molecule has 1 amide bonds. The molecule has 1 heterocycles. The van der Waals surface area contributed by atoms with E-state index < -0.39 is 10.5 Å². The van der Waals surface area contributed by atoms with Gasteiger partial charge in [0.15, 0.2) is 0 Å². The Labute approximate surface area is 139 Å². The second kappa shape index (κ2) is 7.54. The highest BCUT2D eigenvalue weighted by Crippen LogP contribution is 2.21. The lowest BCUT2D eigenvalue weighted by molar-refractivity contribution is -0.385. The molecule has 0 spiro atoms. The van der Waals surface area contributed by atoms with Gasteiger partial charge in [0.2, 0.25) is 5.91 Å². The van der Waals surface area contributed by atoms with Crippen LogP contribution in [0.1, 0.15) is 25.5 Å². The second-order valence-electron chi connectivity index (χ2n) is 5.81. The summed E-state index contributed by atoms with van der Waals surface area (Å²) in [6.07, 6.45) is 1.08. The zero-order valence-corrected chi connectivity index (χ0v) is 13.5. The van der Waals surface area contributed by atoms with Crippen LogP contribution in [0.4, 0.5) is 5.69 Å². The van der Waals surface area contributed by atoms with Crippen LogP contribution in [0, 0.1) is 16.0 Å². The molecule has 1 aromatic carbocycles. The van der Waals surface area contributed by atoms with Gasteiger partial charge in [0.25, 0.3) is 11.2 Å². The monoisotopic (exact) mass is 329 g/mol. The van der Waals surface area contributed by atoms with Crippen LogP contribution in [0.2, 0.25) is 0 Å². The highest BCUT2D eigenvalue weighted by atomic mass is 16.6. The minimum Gasteiger partial charge on any atom is -0.347 e. The molecule has 2 rings (SSSR count). The van der Waals surface area contributed by atoms with Crippen molar-refractivity contribution in [2.45, 2.75) is 26.4 Å². The van der Waals surface area contributed by atoms with Gasteiger partial charge in [0.05, 0.1) is 17.2 Å². The van der Waals surface area contributed by atoms with Gasteiger partial charge >= 0.3 is 0 Å². The molecule has 24 heavy (non-hydrogen) atoms. The zero-order chi connectivity index (χ0) is 17.7. The van der Waals surface area contributed by atoms with Gasteiger partial charge in [-0.2, -0.15) is 0 Å². The standard InChI is InChI=1S/C17H19N3O4/c1-12(2)17(13-6-4-3-5-7-13)18-15(21)11-19-10-14(20(23)24)8-9-16(19)22/h3-10,12,17H,11H2,1-2H3,(H,18,21). The summed E-state index contributed by atoms with van der Waals surface area (Å²) in [6, 6.07) is 11.5. The highest BCUT2D eigenvalue weighted by Gasteiger charge is 2.19. The quantitative estimate of drug-likeness (QED) is 0.650.